The molecule has 28 heavy (non-hydrogen) atoms. The number of carbonyl (C=O) groups is 1. The smallest absolute Gasteiger partial charge is 0.268 e. The second-order valence-electron chi connectivity index (χ2n) is 6.45. The van der Waals surface area contributed by atoms with Crippen LogP contribution in [-0.4, -0.2) is 52.7 Å². The highest BCUT2D eigenvalue weighted by atomic mass is 16.8. The fourth-order valence-electron chi connectivity index (χ4n) is 3.25. The highest BCUT2D eigenvalue weighted by Crippen LogP contribution is 2.24. The highest BCUT2D eigenvalue weighted by molar-refractivity contribution is 5.98. The Balaban J connectivity index is 1.64. The summed E-state index contributed by atoms with van der Waals surface area (Å²) in [5.41, 5.74) is 1.04. The van der Waals surface area contributed by atoms with Crippen LogP contribution in [0.1, 0.15) is 10.5 Å². The van der Waals surface area contributed by atoms with Crippen molar-refractivity contribution < 1.29 is 19.0 Å². The Labute approximate surface area is 160 Å². The molecule has 0 aromatic carbocycles. The number of ether oxygens (including phenoxy) is 3. The van der Waals surface area contributed by atoms with Crippen molar-refractivity contribution in [2.75, 3.05) is 20.8 Å². The molecule has 2 atom stereocenters. The Morgan fingerprint density at radius 3 is 2.93 bits per heavy atom. The molecule has 9 heteroatoms. The summed E-state index contributed by atoms with van der Waals surface area (Å²) < 4.78 is 19.2. The van der Waals surface area contributed by atoms with Crippen LogP contribution in [0, 0.1) is 0 Å². The van der Waals surface area contributed by atoms with Crippen molar-refractivity contribution in [3.05, 3.63) is 58.7 Å². The number of rotatable bonds is 5. The Hall–Kier alpha value is -3.01. The number of carbonyl (C=O) groups excluding carboxylic acids is 1. The second kappa shape index (κ2) is 6.86. The van der Waals surface area contributed by atoms with E-state index in [0.717, 1.165) is 0 Å². The van der Waals surface area contributed by atoms with E-state index in [4.69, 9.17) is 14.2 Å². The van der Waals surface area contributed by atoms with E-state index in [9.17, 15) is 9.59 Å². The molecular weight excluding hydrogens is 364 g/mol. The number of methoxy groups -OCH3 is 2. The minimum atomic E-state index is -1.10. The van der Waals surface area contributed by atoms with Gasteiger partial charge in [-0.2, -0.15) is 0 Å². The monoisotopic (exact) mass is 384 g/mol. The van der Waals surface area contributed by atoms with Gasteiger partial charge in [-0.15, -0.1) is 0 Å². The third kappa shape index (κ3) is 2.89. The number of nitrogens with one attached hydrogen (secondary N) is 1. The van der Waals surface area contributed by atoms with Crippen LogP contribution in [0.15, 0.2) is 47.4 Å². The molecule has 1 N–H and O–H groups in total. The molecule has 0 fully saturated rings. The van der Waals surface area contributed by atoms with E-state index in [2.05, 4.69) is 10.3 Å². The molecule has 0 unspecified atom stereocenters. The number of aryl methyl sites for hydroxylation is 1. The highest BCUT2D eigenvalue weighted by Gasteiger charge is 2.36. The Kier molecular flexibility index (Phi) is 4.50. The molecule has 0 saturated heterocycles. The van der Waals surface area contributed by atoms with E-state index < -0.39 is 12.1 Å². The van der Waals surface area contributed by atoms with E-state index in [1.807, 2.05) is 0 Å². The molecule has 9 nitrogen and oxygen atoms in total. The van der Waals surface area contributed by atoms with E-state index in [1.165, 1.54) is 18.6 Å². The van der Waals surface area contributed by atoms with E-state index >= 15 is 0 Å². The predicted molar refractivity (Wildman–Crippen MR) is 101 cm³/mol. The van der Waals surface area contributed by atoms with Crippen LogP contribution in [0.5, 0.6) is 0 Å². The van der Waals surface area contributed by atoms with Crippen LogP contribution in [0.3, 0.4) is 0 Å². The van der Waals surface area contributed by atoms with Gasteiger partial charge in [-0.05, 0) is 30.4 Å². The zero-order valence-electron chi connectivity index (χ0n) is 15.7. The van der Waals surface area contributed by atoms with Crippen molar-refractivity contribution in [1.82, 2.24) is 19.3 Å². The van der Waals surface area contributed by atoms with Crippen molar-refractivity contribution in [1.29, 1.82) is 0 Å². The number of pyridine rings is 1. The number of aromatic nitrogens is 3. The average Bonchev–Trinajstić information content (AvgIpc) is 3.29. The normalized spacial score (nSPS) is 21.6. The summed E-state index contributed by atoms with van der Waals surface area (Å²) >= 11 is 0. The predicted octanol–water partition coefficient (Wildman–Crippen LogP) is 0.818. The first-order valence-corrected chi connectivity index (χ1v) is 8.68. The lowest BCUT2D eigenvalue weighted by molar-refractivity contribution is -0.238. The number of amides is 1. The quantitative estimate of drug-likeness (QED) is 0.655. The summed E-state index contributed by atoms with van der Waals surface area (Å²) in [6, 6.07) is 6.84. The molecular formula is C19H20N4O5. The second-order valence-corrected chi connectivity index (χ2v) is 6.45. The maximum absolute atomic E-state index is 12.8. The van der Waals surface area contributed by atoms with Gasteiger partial charge in [0.1, 0.15) is 17.0 Å². The Bertz CT molecular complexity index is 1150. The van der Waals surface area contributed by atoms with Gasteiger partial charge in [0.15, 0.2) is 6.29 Å². The van der Waals surface area contributed by atoms with Gasteiger partial charge in [-0.25, -0.2) is 4.98 Å². The summed E-state index contributed by atoms with van der Waals surface area (Å²) in [7, 11) is 4.70. The molecule has 0 bridgehead atoms. The summed E-state index contributed by atoms with van der Waals surface area (Å²) in [5.74, 6) is -1.48. The Morgan fingerprint density at radius 2 is 2.21 bits per heavy atom. The lowest BCUT2D eigenvalue weighted by Crippen LogP contribution is -2.45. The van der Waals surface area contributed by atoms with Crippen LogP contribution in [0.2, 0.25) is 0 Å². The third-order valence-electron chi connectivity index (χ3n) is 4.84. The average molecular weight is 384 g/mol. The minimum Gasteiger partial charge on any atom is -0.352 e. The lowest BCUT2D eigenvalue weighted by atomic mass is 10.2. The molecule has 4 rings (SSSR count). The number of nitrogens with zero attached hydrogens (tertiary/aromatic N) is 3. The molecule has 3 aromatic heterocycles. The zero-order valence-corrected chi connectivity index (χ0v) is 15.7. The molecule has 1 aliphatic heterocycles. The number of fused-ring (bicyclic) bond motifs is 2. The first-order chi connectivity index (χ1) is 13.5. The van der Waals surface area contributed by atoms with Gasteiger partial charge < -0.3 is 24.1 Å². The van der Waals surface area contributed by atoms with Gasteiger partial charge in [0.2, 0.25) is 5.79 Å². The standard InChI is InChI=1S/C19H20N4O5/c1-22-13(17(24)20-11-19(27-3)8-7-15(26-2)28-19)10-12-16(22)21-14-6-4-5-9-23(14)18(12)25/h4-10,15H,11H2,1-3H3,(H,20,24)/t15-,19+/m0/s1. The fraction of sp³-hybridized carbons (Fsp3) is 0.316. The van der Waals surface area contributed by atoms with Crippen LogP contribution in [0.4, 0.5) is 0 Å². The summed E-state index contributed by atoms with van der Waals surface area (Å²) in [6.45, 7) is 0.0780. The van der Waals surface area contributed by atoms with E-state index in [-0.39, 0.29) is 18.0 Å². The summed E-state index contributed by atoms with van der Waals surface area (Å²) in [6.07, 6.45) is 4.52. The fourth-order valence-corrected chi connectivity index (χ4v) is 3.25. The van der Waals surface area contributed by atoms with Crippen molar-refractivity contribution in [2.45, 2.75) is 12.1 Å². The van der Waals surface area contributed by atoms with Crippen LogP contribution >= 0.6 is 0 Å². The topological polar surface area (TPSA) is 96.1 Å². The Morgan fingerprint density at radius 1 is 1.39 bits per heavy atom. The molecule has 1 aliphatic rings. The number of hydrogen-bond donors (Lipinski definition) is 1. The molecule has 146 valence electrons. The minimum absolute atomic E-state index is 0.0780. The molecule has 0 radical (unpaired) electrons. The maximum atomic E-state index is 12.8. The van der Waals surface area contributed by atoms with Gasteiger partial charge >= 0.3 is 0 Å². The molecule has 1 amide bonds. The summed E-state index contributed by atoms with van der Waals surface area (Å²) in [4.78, 5) is 30.0. The van der Waals surface area contributed by atoms with Gasteiger partial charge in [-0.1, -0.05) is 6.07 Å². The van der Waals surface area contributed by atoms with Gasteiger partial charge in [-0.3, -0.25) is 14.0 Å². The van der Waals surface area contributed by atoms with Crippen LogP contribution in [-0.2, 0) is 21.3 Å². The van der Waals surface area contributed by atoms with E-state index in [1.54, 1.807) is 54.2 Å². The van der Waals surface area contributed by atoms with Crippen molar-refractivity contribution in [3.8, 4) is 0 Å². The van der Waals surface area contributed by atoms with Crippen molar-refractivity contribution >= 4 is 22.6 Å². The lowest BCUT2D eigenvalue weighted by Gasteiger charge is -2.27. The number of hydrogen-bond acceptors (Lipinski definition) is 6. The van der Waals surface area contributed by atoms with Crippen molar-refractivity contribution in [3.63, 3.8) is 0 Å². The largest absolute Gasteiger partial charge is 0.352 e. The molecule has 0 aliphatic carbocycles. The molecule has 3 aromatic rings. The third-order valence-corrected chi connectivity index (χ3v) is 4.84. The first kappa shape index (κ1) is 18.4. The van der Waals surface area contributed by atoms with Gasteiger partial charge in [0.05, 0.1) is 11.9 Å². The maximum Gasteiger partial charge on any atom is 0.268 e. The van der Waals surface area contributed by atoms with Crippen LogP contribution < -0.4 is 10.9 Å². The van der Waals surface area contributed by atoms with Gasteiger partial charge in [0, 0.05) is 27.5 Å². The summed E-state index contributed by atoms with van der Waals surface area (Å²) in [5, 5.41) is 3.16. The molecule has 4 heterocycles. The van der Waals surface area contributed by atoms with Crippen molar-refractivity contribution in [2.24, 2.45) is 7.05 Å². The van der Waals surface area contributed by atoms with Gasteiger partial charge in [0.25, 0.3) is 11.5 Å². The van der Waals surface area contributed by atoms with Crippen LogP contribution in [0.25, 0.3) is 16.7 Å². The molecule has 0 spiro atoms. The SMILES string of the molecule is CO[C@@H]1C=C[C@@](CNC(=O)c2cc3c(=O)n4ccccc4nc3n2C)(OC)O1. The first-order valence-electron chi connectivity index (χ1n) is 8.68. The zero-order chi connectivity index (χ0) is 19.9. The molecule has 0 saturated carbocycles. The van der Waals surface area contributed by atoms with E-state index in [0.29, 0.717) is 22.4 Å².